The summed E-state index contributed by atoms with van der Waals surface area (Å²) in [6.07, 6.45) is -0.144. The van der Waals surface area contributed by atoms with Crippen LogP contribution in [0.2, 0.25) is 0 Å². The fraction of sp³-hybridized carbons (Fsp3) is 0.333. The molecule has 1 aromatic carbocycles. The molecule has 8 heteroatoms. The zero-order valence-electron chi connectivity index (χ0n) is 12.0. The number of aromatic nitrogens is 2. The van der Waals surface area contributed by atoms with Crippen LogP contribution in [0.3, 0.4) is 0 Å². The van der Waals surface area contributed by atoms with Crippen molar-refractivity contribution < 1.29 is 14.9 Å². The highest BCUT2D eigenvalue weighted by Crippen LogP contribution is 2.42. The van der Waals surface area contributed by atoms with Crippen LogP contribution < -0.4 is 11.0 Å². The summed E-state index contributed by atoms with van der Waals surface area (Å²) in [6, 6.07) is 7.79. The standard InChI is InChI=1S/C15H15N3O4S/c19-7-10-9(20)5-13(22-10)18-6-12-14(17-15(18)21)16-8-3-1-2-4-11(8)23-12/h1-4,6,9-10,13,19-20H,5,7H2,(H,16,17,21)/t9-,10+,13+/m0/s1. The van der Waals surface area contributed by atoms with Gasteiger partial charge in [-0.3, -0.25) is 4.57 Å². The van der Waals surface area contributed by atoms with Crippen molar-refractivity contribution in [3.63, 3.8) is 0 Å². The molecule has 3 atom stereocenters. The molecule has 3 N–H and O–H groups in total. The molecule has 2 aliphatic rings. The number of para-hydroxylation sites is 1. The van der Waals surface area contributed by atoms with Crippen molar-refractivity contribution in [1.82, 2.24) is 9.55 Å². The summed E-state index contributed by atoms with van der Waals surface area (Å²) >= 11 is 1.52. The van der Waals surface area contributed by atoms with E-state index in [1.54, 1.807) is 6.20 Å². The Kier molecular flexibility index (Phi) is 3.61. The fourth-order valence-corrected chi connectivity index (χ4v) is 3.75. The Bertz CT molecular complexity index is 810. The number of aliphatic hydroxyl groups excluding tert-OH is 2. The molecule has 120 valence electrons. The van der Waals surface area contributed by atoms with Gasteiger partial charge in [-0.25, -0.2) is 4.79 Å². The number of rotatable bonds is 2. The first-order chi connectivity index (χ1) is 11.2. The Morgan fingerprint density at radius 1 is 1.39 bits per heavy atom. The van der Waals surface area contributed by atoms with Gasteiger partial charge in [0.25, 0.3) is 0 Å². The molecule has 0 aliphatic carbocycles. The quantitative estimate of drug-likeness (QED) is 0.646. The SMILES string of the molecule is O=c1nc2c(cn1[C@H]1C[C@H](O)[C@@H](CO)O1)Sc1ccccc1N2. The van der Waals surface area contributed by atoms with Crippen molar-refractivity contribution >= 4 is 23.3 Å². The lowest BCUT2D eigenvalue weighted by Gasteiger charge is -2.22. The van der Waals surface area contributed by atoms with Crippen molar-refractivity contribution in [2.75, 3.05) is 11.9 Å². The zero-order chi connectivity index (χ0) is 16.0. The van der Waals surface area contributed by atoms with Gasteiger partial charge in [-0.1, -0.05) is 23.9 Å². The van der Waals surface area contributed by atoms with Gasteiger partial charge in [0.1, 0.15) is 12.3 Å². The van der Waals surface area contributed by atoms with E-state index in [1.165, 1.54) is 16.3 Å². The number of fused-ring (bicyclic) bond motifs is 2. The van der Waals surface area contributed by atoms with E-state index in [4.69, 9.17) is 9.84 Å². The lowest BCUT2D eigenvalue weighted by atomic mass is 10.2. The largest absolute Gasteiger partial charge is 0.394 e. The molecular formula is C15H15N3O4S. The Hall–Kier alpha value is -1.87. The van der Waals surface area contributed by atoms with E-state index in [1.807, 2.05) is 24.3 Å². The first-order valence-electron chi connectivity index (χ1n) is 7.27. The maximum atomic E-state index is 12.3. The molecule has 1 aromatic heterocycles. The van der Waals surface area contributed by atoms with Crippen molar-refractivity contribution in [3.8, 4) is 0 Å². The van der Waals surface area contributed by atoms with Crippen LogP contribution in [-0.2, 0) is 4.74 Å². The Labute approximate surface area is 135 Å². The predicted molar refractivity (Wildman–Crippen MR) is 84.0 cm³/mol. The molecule has 1 fully saturated rings. The number of benzene rings is 1. The molecular weight excluding hydrogens is 318 g/mol. The van der Waals surface area contributed by atoms with Gasteiger partial charge in [-0.05, 0) is 12.1 Å². The third kappa shape index (κ3) is 2.53. The number of hydrogen-bond acceptors (Lipinski definition) is 7. The molecule has 0 spiro atoms. The van der Waals surface area contributed by atoms with E-state index in [0.29, 0.717) is 5.82 Å². The van der Waals surface area contributed by atoms with Crippen molar-refractivity contribution in [3.05, 3.63) is 40.9 Å². The van der Waals surface area contributed by atoms with Gasteiger partial charge in [0, 0.05) is 17.5 Å². The third-order valence-electron chi connectivity index (χ3n) is 3.97. The highest BCUT2D eigenvalue weighted by atomic mass is 32.2. The van der Waals surface area contributed by atoms with E-state index < -0.39 is 24.1 Å². The second-order valence-electron chi connectivity index (χ2n) is 5.48. The normalized spacial score (nSPS) is 25.6. The highest BCUT2D eigenvalue weighted by molar-refractivity contribution is 7.99. The Balaban J connectivity index is 1.69. The number of nitrogens with zero attached hydrogens (tertiary/aromatic N) is 2. The fourth-order valence-electron chi connectivity index (χ4n) is 2.78. The lowest BCUT2D eigenvalue weighted by molar-refractivity contribution is -0.0460. The van der Waals surface area contributed by atoms with Crippen LogP contribution in [0, 0.1) is 0 Å². The van der Waals surface area contributed by atoms with E-state index in [-0.39, 0.29) is 13.0 Å². The summed E-state index contributed by atoms with van der Waals surface area (Å²) < 4.78 is 6.92. The van der Waals surface area contributed by atoms with Gasteiger partial charge in [0.2, 0.25) is 0 Å². The first kappa shape index (κ1) is 14.7. The first-order valence-corrected chi connectivity index (χ1v) is 8.09. The number of anilines is 2. The molecule has 7 nitrogen and oxygen atoms in total. The summed E-state index contributed by atoms with van der Waals surface area (Å²) in [5.74, 6) is 0.521. The summed E-state index contributed by atoms with van der Waals surface area (Å²) in [6.45, 7) is -0.283. The highest BCUT2D eigenvalue weighted by Gasteiger charge is 2.35. The molecule has 0 radical (unpaired) electrons. The Morgan fingerprint density at radius 3 is 3.00 bits per heavy atom. The third-order valence-corrected chi connectivity index (χ3v) is 5.07. The van der Waals surface area contributed by atoms with Gasteiger partial charge in [-0.15, -0.1) is 0 Å². The number of aliphatic hydroxyl groups is 2. The average molecular weight is 333 g/mol. The molecule has 2 aliphatic heterocycles. The van der Waals surface area contributed by atoms with Crippen LogP contribution >= 0.6 is 11.8 Å². The van der Waals surface area contributed by atoms with Gasteiger partial charge in [0.05, 0.1) is 23.3 Å². The molecule has 4 rings (SSSR count). The topological polar surface area (TPSA) is 96.6 Å². The second kappa shape index (κ2) is 5.64. The van der Waals surface area contributed by atoms with Crippen LogP contribution in [0.4, 0.5) is 11.5 Å². The van der Waals surface area contributed by atoms with Crippen molar-refractivity contribution in [2.24, 2.45) is 0 Å². The molecule has 23 heavy (non-hydrogen) atoms. The zero-order valence-corrected chi connectivity index (χ0v) is 12.9. The number of ether oxygens (including phenoxy) is 1. The van der Waals surface area contributed by atoms with Crippen LogP contribution in [0.15, 0.2) is 45.0 Å². The average Bonchev–Trinajstić information content (AvgIpc) is 2.93. The maximum Gasteiger partial charge on any atom is 0.351 e. The van der Waals surface area contributed by atoms with E-state index >= 15 is 0 Å². The van der Waals surface area contributed by atoms with Gasteiger partial charge in [0.15, 0.2) is 5.82 Å². The summed E-state index contributed by atoms with van der Waals surface area (Å²) in [4.78, 5) is 18.2. The molecule has 0 saturated carbocycles. The molecule has 0 bridgehead atoms. The van der Waals surface area contributed by atoms with Gasteiger partial charge >= 0.3 is 5.69 Å². The molecule has 3 heterocycles. The van der Waals surface area contributed by atoms with Gasteiger partial charge in [-0.2, -0.15) is 4.98 Å². The number of nitrogens with one attached hydrogen (secondary N) is 1. The predicted octanol–water partition coefficient (Wildman–Crippen LogP) is 1.09. The minimum atomic E-state index is -0.792. The summed E-state index contributed by atoms with van der Waals surface area (Å²) in [7, 11) is 0. The van der Waals surface area contributed by atoms with Crippen molar-refractivity contribution in [1.29, 1.82) is 0 Å². The van der Waals surface area contributed by atoms with Crippen molar-refractivity contribution in [2.45, 2.75) is 34.6 Å². The van der Waals surface area contributed by atoms with Crippen LogP contribution in [0.25, 0.3) is 0 Å². The smallest absolute Gasteiger partial charge is 0.351 e. The maximum absolute atomic E-state index is 12.3. The summed E-state index contributed by atoms with van der Waals surface area (Å²) in [5, 5.41) is 22.2. The lowest BCUT2D eigenvalue weighted by Crippen LogP contribution is -2.28. The molecule has 1 saturated heterocycles. The Morgan fingerprint density at radius 2 is 2.22 bits per heavy atom. The minimum Gasteiger partial charge on any atom is -0.394 e. The van der Waals surface area contributed by atoms with Crippen LogP contribution in [0.5, 0.6) is 0 Å². The second-order valence-corrected chi connectivity index (χ2v) is 6.57. The van der Waals surface area contributed by atoms with E-state index in [2.05, 4.69) is 10.3 Å². The molecule has 0 unspecified atom stereocenters. The van der Waals surface area contributed by atoms with Gasteiger partial charge < -0.3 is 20.3 Å². The molecule has 0 amide bonds. The van der Waals surface area contributed by atoms with E-state index in [9.17, 15) is 9.90 Å². The van der Waals surface area contributed by atoms with Crippen LogP contribution in [0.1, 0.15) is 12.6 Å². The van der Waals surface area contributed by atoms with Crippen LogP contribution in [-0.4, -0.2) is 38.6 Å². The molecule has 2 aromatic rings. The minimum absolute atomic E-state index is 0.250. The monoisotopic (exact) mass is 333 g/mol. The summed E-state index contributed by atoms with van der Waals surface area (Å²) in [5.41, 5.74) is 0.467. The van der Waals surface area contributed by atoms with E-state index in [0.717, 1.165) is 15.5 Å². The number of hydrogen-bond donors (Lipinski definition) is 3.